The number of imide groups is 1. The lowest BCUT2D eigenvalue weighted by Crippen LogP contribution is -2.56. The van der Waals surface area contributed by atoms with Crippen LogP contribution in [0.4, 0.5) is 5.69 Å². The van der Waals surface area contributed by atoms with Crippen LogP contribution in [-0.2, 0) is 14.4 Å². The number of rotatable bonds is 10. The van der Waals surface area contributed by atoms with E-state index in [4.69, 9.17) is 26.4 Å². The molecule has 3 N–H and O–H groups in total. The van der Waals surface area contributed by atoms with Gasteiger partial charge in [0.15, 0.2) is 0 Å². The lowest BCUT2D eigenvalue weighted by atomic mass is 9.96. The van der Waals surface area contributed by atoms with Crippen molar-refractivity contribution in [2.75, 3.05) is 31.6 Å². The summed E-state index contributed by atoms with van der Waals surface area (Å²) in [6, 6.07) is 14.4. The summed E-state index contributed by atoms with van der Waals surface area (Å²) in [4.78, 5) is 44.2. The summed E-state index contributed by atoms with van der Waals surface area (Å²) in [7, 11) is 1.57. The van der Waals surface area contributed by atoms with E-state index in [2.05, 4.69) is 21.0 Å². The van der Waals surface area contributed by atoms with E-state index in [1.54, 1.807) is 30.5 Å². The van der Waals surface area contributed by atoms with Crippen LogP contribution >= 0.6 is 11.6 Å². The molecule has 3 aliphatic rings. The van der Waals surface area contributed by atoms with Crippen LogP contribution in [0.25, 0.3) is 0 Å². The number of hydrazine groups is 1. The number of nitrogens with zero attached hydrogens (tertiary/aromatic N) is 3. The van der Waals surface area contributed by atoms with Crippen molar-refractivity contribution in [1.82, 2.24) is 21.2 Å². The molecule has 0 bridgehead atoms. The maximum absolute atomic E-state index is 12.9. The Balaban J connectivity index is 1.05. The molecule has 3 fully saturated rings. The molecule has 3 amide bonds. The van der Waals surface area contributed by atoms with Crippen molar-refractivity contribution in [3.8, 4) is 11.8 Å². The third-order valence-electron chi connectivity index (χ3n) is 8.38. The summed E-state index contributed by atoms with van der Waals surface area (Å²) >= 11 is 6.12. The third-order valence-corrected chi connectivity index (χ3v) is 8.69. The quantitative estimate of drug-likeness (QED) is 0.274. The molecule has 0 radical (unpaired) electrons. The molecular weight excluding hydrogens is 572 g/mol. The fourth-order valence-corrected chi connectivity index (χ4v) is 6.11. The molecule has 2 saturated heterocycles. The predicted molar refractivity (Wildman–Crippen MR) is 160 cm³/mol. The zero-order chi connectivity index (χ0) is 30.3. The molecule has 12 heteroatoms. The van der Waals surface area contributed by atoms with Crippen molar-refractivity contribution >= 4 is 35.0 Å². The molecule has 11 nitrogen and oxygen atoms in total. The molecule has 5 rings (SSSR count). The Morgan fingerprint density at radius 1 is 1.12 bits per heavy atom. The number of hydrogen-bond donors (Lipinski definition) is 3. The van der Waals surface area contributed by atoms with Crippen LogP contribution in [0.3, 0.4) is 0 Å². The molecule has 2 aromatic carbocycles. The number of benzene rings is 2. The fraction of sp³-hybridized carbons (Fsp3) is 0.484. The Hall–Kier alpha value is -3.69. The van der Waals surface area contributed by atoms with Gasteiger partial charge in [0, 0.05) is 55.8 Å². The van der Waals surface area contributed by atoms with E-state index in [9.17, 15) is 14.4 Å². The van der Waals surface area contributed by atoms with Crippen LogP contribution in [0.5, 0.6) is 5.75 Å². The number of hydroxylamine groups is 1. The number of hydrogen-bond acceptors (Lipinski definition) is 9. The van der Waals surface area contributed by atoms with Gasteiger partial charge in [0.25, 0.3) is 5.91 Å². The van der Waals surface area contributed by atoms with E-state index < -0.39 is 6.04 Å². The highest BCUT2D eigenvalue weighted by atomic mass is 35.5. The summed E-state index contributed by atoms with van der Waals surface area (Å²) in [5.41, 5.74) is 5.22. The second kappa shape index (κ2) is 14.2. The standard InChI is InChI=1S/C31H37ClN6O5/c1-42-38(36-28-10-11-29(39)35-31(28)41)19-20-12-14-37(15-13-20)24-6-2-21(3-7-24)30(40)34-23-5-9-25(16-23)43-26-8-4-22(18-33)27(32)17-26/h2-4,6-8,17,20,23,25,28,36H,5,9-16,19H2,1H3,(H,34,40)(H,35,39,41)/t23-,25-,28?/m0/s1. The monoisotopic (exact) mass is 608 g/mol. The van der Waals surface area contributed by atoms with Crippen LogP contribution in [0.15, 0.2) is 42.5 Å². The second-order valence-corrected chi connectivity index (χ2v) is 11.7. The smallest absolute Gasteiger partial charge is 0.251 e. The number of carbonyl (C=O) groups is 3. The van der Waals surface area contributed by atoms with Crippen molar-refractivity contribution < 1.29 is 24.0 Å². The van der Waals surface area contributed by atoms with E-state index in [0.29, 0.717) is 53.6 Å². The SMILES string of the molecule is CON(CC1CCN(c2ccc(C(=O)N[C@H]3CC[C@H](Oc4ccc(C#N)c(Cl)c4)C3)cc2)CC1)NC1CCC(=O)NC1=O. The highest BCUT2D eigenvalue weighted by molar-refractivity contribution is 6.31. The first-order valence-corrected chi connectivity index (χ1v) is 15.1. The fourth-order valence-electron chi connectivity index (χ4n) is 5.90. The molecular formula is C31H37ClN6O5. The Labute approximate surface area is 256 Å². The van der Waals surface area contributed by atoms with E-state index in [1.165, 1.54) is 0 Å². The topological polar surface area (TPSA) is 136 Å². The molecule has 0 spiro atoms. The number of anilines is 1. The van der Waals surface area contributed by atoms with Crippen LogP contribution in [-0.4, -0.2) is 67.8 Å². The molecule has 43 heavy (non-hydrogen) atoms. The van der Waals surface area contributed by atoms with Crippen LogP contribution in [0.2, 0.25) is 5.02 Å². The molecule has 228 valence electrons. The average molecular weight is 609 g/mol. The minimum atomic E-state index is -0.481. The first-order valence-electron chi connectivity index (χ1n) is 14.7. The summed E-state index contributed by atoms with van der Waals surface area (Å²) in [6.45, 7) is 2.38. The third kappa shape index (κ3) is 8.03. The van der Waals surface area contributed by atoms with Gasteiger partial charge in [0.1, 0.15) is 24.0 Å². The Bertz CT molecular complexity index is 1360. The molecule has 2 aliphatic heterocycles. The summed E-state index contributed by atoms with van der Waals surface area (Å²) in [5.74, 6) is 0.349. The van der Waals surface area contributed by atoms with E-state index in [1.807, 2.05) is 30.3 Å². The highest BCUT2D eigenvalue weighted by Crippen LogP contribution is 2.29. The van der Waals surface area contributed by atoms with Crippen LogP contribution < -0.4 is 25.7 Å². The minimum absolute atomic E-state index is 0.0243. The van der Waals surface area contributed by atoms with Gasteiger partial charge in [-0.2, -0.15) is 5.26 Å². The molecule has 2 aromatic rings. The molecule has 0 aromatic heterocycles. The number of carbonyl (C=O) groups excluding carboxylic acids is 3. The van der Waals surface area contributed by atoms with Gasteiger partial charge in [-0.05, 0) is 74.4 Å². The highest BCUT2D eigenvalue weighted by Gasteiger charge is 2.30. The van der Waals surface area contributed by atoms with Gasteiger partial charge in [-0.3, -0.25) is 24.5 Å². The molecule has 1 unspecified atom stereocenters. The number of halogens is 1. The van der Waals surface area contributed by atoms with Gasteiger partial charge in [-0.1, -0.05) is 11.6 Å². The maximum Gasteiger partial charge on any atom is 0.251 e. The summed E-state index contributed by atoms with van der Waals surface area (Å²) in [5, 5.41) is 16.5. The summed E-state index contributed by atoms with van der Waals surface area (Å²) in [6.07, 6.45) is 5.01. The van der Waals surface area contributed by atoms with Gasteiger partial charge in [0.2, 0.25) is 11.8 Å². The molecule has 1 saturated carbocycles. The Morgan fingerprint density at radius 2 is 1.88 bits per heavy atom. The number of nitrogens with one attached hydrogen (secondary N) is 3. The molecule has 1 aliphatic carbocycles. The second-order valence-electron chi connectivity index (χ2n) is 11.3. The largest absolute Gasteiger partial charge is 0.490 e. The molecule has 3 atom stereocenters. The van der Waals surface area contributed by atoms with Crippen molar-refractivity contribution in [2.24, 2.45) is 5.92 Å². The Morgan fingerprint density at radius 3 is 2.56 bits per heavy atom. The summed E-state index contributed by atoms with van der Waals surface area (Å²) < 4.78 is 6.04. The predicted octanol–water partition coefficient (Wildman–Crippen LogP) is 3.33. The van der Waals surface area contributed by atoms with Gasteiger partial charge in [-0.15, -0.1) is 5.17 Å². The zero-order valence-corrected chi connectivity index (χ0v) is 24.9. The maximum atomic E-state index is 12.9. The van der Waals surface area contributed by atoms with Gasteiger partial charge in [-0.25, -0.2) is 5.43 Å². The normalized spacial score (nSPS) is 22.7. The zero-order valence-electron chi connectivity index (χ0n) is 24.2. The number of piperidine rings is 2. The van der Waals surface area contributed by atoms with Gasteiger partial charge in [0.05, 0.1) is 17.7 Å². The van der Waals surface area contributed by atoms with Crippen LogP contribution in [0.1, 0.15) is 60.9 Å². The van der Waals surface area contributed by atoms with Gasteiger partial charge >= 0.3 is 0 Å². The Kier molecular flexibility index (Phi) is 10.1. The number of nitriles is 1. The first-order chi connectivity index (χ1) is 20.8. The van der Waals surface area contributed by atoms with Gasteiger partial charge < -0.3 is 15.0 Å². The first kappa shape index (κ1) is 30.8. The van der Waals surface area contributed by atoms with E-state index >= 15 is 0 Å². The van der Waals surface area contributed by atoms with Crippen molar-refractivity contribution in [3.05, 3.63) is 58.6 Å². The number of amides is 3. The van der Waals surface area contributed by atoms with Crippen LogP contribution in [0, 0.1) is 17.2 Å². The van der Waals surface area contributed by atoms with E-state index in [0.717, 1.165) is 44.5 Å². The van der Waals surface area contributed by atoms with Crippen molar-refractivity contribution in [1.29, 1.82) is 5.26 Å². The van der Waals surface area contributed by atoms with E-state index in [-0.39, 0.29) is 29.9 Å². The minimum Gasteiger partial charge on any atom is -0.490 e. The lowest BCUT2D eigenvalue weighted by molar-refractivity contribution is -0.190. The lowest BCUT2D eigenvalue weighted by Gasteiger charge is -2.36. The number of ether oxygens (including phenoxy) is 1. The van der Waals surface area contributed by atoms with Crippen molar-refractivity contribution in [2.45, 2.75) is 63.1 Å². The average Bonchev–Trinajstić information content (AvgIpc) is 3.45. The van der Waals surface area contributed by atoms with Crippen molar-refractivity contribution in [3.63, 3.8) is 0 Å². The molecule has 2 heterocycles.